The van der Waals surface area contributed by atoms with Gasteiger partial charge in [-0.1, -0.05) is 53.3 Å². The van der Waals surface area contributed by atoms with Crippen molar-refractivity contribution in [3.63, 3.8) is 0 Å². The van der Waals surface area contributed by atoms with Crippen LogP contribution in [-0.4, -0.2) is 37.3 Å². The highest BCUT2D eigenvalue weighted by Crippen LogP contribution is 2.24. The van der Waals surface area contributed by atoms with Crippen LogP contribution in [0.3, 0.4) is 0 Å². The molecule has 6 heteroatoms. The summed E-state index contributed by atoms with van der Waals surface area (Å²) in [6.45, 7) is 21.0. The van der Waals surface area contributed by atoms with Crippen molar-refractivity contribution < 1.29 is 11.0 Å². The van der Waals surface area contributed by atoms with Gasteiger partial charge in [0.1, 0.15) is 0 Å². The van der Waals surface area contributed by atoms with Crippen molar-refractivity contribution in [3.05, 3.63) is 64.7 Å². The zero-order valence-corrected chi connectivity index (χ0v) is 21.4. The van der Waals surface area contributed by atoms with E-state index < -0.39 is 0 Å². The van der Waals surface area contributed by atoms with Gasteiger partial charge in [-0.2, -0.15) is 0 Å². The van der Waals surface area contributed by atoms with Crippen molar-refractivity contribution >= 4 is 17.8 Å². The molecule has 0 bridgehead atoms. The van der Waals surface area contributed by atoms with Crippen molar-refractivity contribution in [1.29, 1.82) is 0 Å². The molecule has 1 aliphatic rings. The number of aliphatic imine (C=N–C) groups is 1. The first-order valence-corrected chi connectivity index (χ1v) is 11.4. The lowest BCUT2D eigenvalue weighted by atomic mass is 10.1. The number of hydrazine groups is 1. The predicted molar refractivity (Wildman–Crippen MR) is 139 cm³/mol. The molecular weight excluding hydrogens is 400 g/mol. The fourth-order valence-electron chi connectivity index (χ4n) is 2.89. The molecule has 0 saturated heterocycles. The zero-order chi connectivity index (χ0) is 24.7. The number of hydrogen-bond donors (Lipinski definition) is 2. The lowest BCUT2D eigenvalue weighted by molar-refractivity contribution is 0.0966. The van der Waals surface area contributed by atoms with E-state index in [1.165, 1.54) is 0 Å². The van der Waals surface area contributed by atoms with Gasteiger partial charge in [-0.3, -0.25) is 9.79 Å². The van der Waals surface area contributed by atoms with E-state index in [1.54, 1.807) is 13.2 Å². The van der Waals surface area contributed by atoms with Crippen LogP contribution in [0.2, 0.25) is 0 Å². The van der Waals surface area contributed by atoms with Crippen molar-refractivity contribution in [3.8, 4) is 0 Å². The molecule has 1 aliphatic heterocycles. The lowest BCUT2D eigenvalue weighted by Crippen LogP contribution is -2.32. The number of aryl methyl sites for hydroxylation is 1. The second-order valence-electron chi connectivity index (χ2n) is 6.78. The number of nitrogens with one attached hydrogen (secondary N) is 2. The lowest BCUT2D eigenvalue weighted by Gasteiger charge is -2.19. The van der Waals surface area contributed by atoms with Crippen LogP contribution in [0.15, 0.2) is 58.6 Å². The van der Waals surface area contributed by atoms with Crippen LogP contribution in [0, 0.1) is 6.92 Å². The maximum absolute atomic E-state index is 12.8. The van der Waals surface area contributed by atoms with Crippen LogP contribution in [0.25, 0.3) is 0 Å². The van der Waals surface area contributed by atoms with Gasteiger partial charge >= 0.3 is 0 Å². The Kier molecular flexibility index (Phi) is 14.5. The fourth-order valence-corrected chi connectivity index (χ4v) is 2.89. The molecule has 1 aromatic rings. The Morgan fingerprint density at radius 2 is 1.97 bits per heavy atom. The molecule has 1 amide bonds. The Morgan fingerprint density at radius 1 is 1.31 bits per heavy atom. The van der Waals surface area contributed by atoms with Gasteiger partial charge in [0.2, 0.25) is 0 Å². The Bertz CT molecular complexity index is 845. The molecule has 0 aliphatic carbocycles. The van der Waals surface area contributed by atoms with Gasteiger partial charge in [0.05, 0.1) is 42.9 Å². The maximum atomic E-state index is 12.8. The van der Waals surface area contributed by atoms with E-state index in [0.29, 0.717) is 24.3 Å². The van der Waals surface area contributed by atoms with Gasteiger partial charge < -0.3 is 15.1 Å². The summed E-state index contributed by atoms with van der Waals surface area (Å²) in [4.78, 5) is 17.3. The fraction of sp³-hybridized carbons (Fsp3) is 0.462. The molecule has 0 radical (unpaired) electrons. The normalized spacial score (nSPS) is 13.3. The molecular formula is C26H44N4O2. The van der Waals surface area contributed by atoms with E-state index in [1.807, 2.05) is 84.9 Å². The summed E-state index contributed by atoms with van der Waals surface area (Å²) in [5, 5.41) is 4.91. The monoisotopic (exact) mass is 444 g/mol. The standard InChI is InChI=1S/C22H30N4O2.2C2H6.H2/c1-7-11-23-21-16(4)9-8-10-19(21)22(27)25-18-12-24-26(13-18)14-20(15(2)3)17(5)28-6;2*1-2;/h8-11,13,24H,2,7,12,14H2,1,3-6H3,(H,25,27);2*1-2H3;1H/b20-17-,23-11?;;;. The molecule has 0 aromatic heterocycles. The minimum atomic E-state index is -0.161. The summed E-state index contributed by atoms with van der Waals surface area (Å²) < 4.78 is 5.35. The number of amides is 1. The molecule has 1 aromatic carbocycles. The third-order valence-electron chi connectivity index (χ3n) is 4.52. The quantitative estimate of drug-likeness (QED) is 0.281. The van der Waals surface area contributed by atoms with Crippen LogP contribution < -0.4 is 10.7 Å². The van der Waals surface area contributed by atoms with Crippen molar-refractivity contribution in [2.75, 3.05) is 20.2 Å². The van der Waals surface area contributed by atoms with E-state index >= 15 is 0 Å². The Morgan fingerprint density at radius 3 is 2.53 bits per heavy atom. The summed E-state index contributed by atoms with van der Waals surface area (Å²) in [6.07, 6.45) is 4.54. The second kappa shape index (κ2) is 15.9. The summed E-state index contributed by atoms with van der Waals surface area (Å²) in [7, 11) is 1.65. The van der Waals surface area contributed by atoms with Crippen molar-refractivity contribution in [2.24, 2.45) is 4.99 Å². The molecule has 0 unspecified atom stereocenters. The number of hydrogen-bond acceptors (Lipinski definition) is 5. The maximum Gasteiger partial charge on any atom is 0.257 e. The first-order valence-electron chi connectivity index (χ1n) is 11.4. The van der Waals surface area contributed by atoms with Crippen LogP contribution >= 0.6 is 0 Å². The zero-order valence-electron chi connectivity index (χ0n) is 21.4. The van der Waals surface area contributed by atoms with E-state index in [4.69, 9.17) is 4.74 Å². The highest BCUT2D eigenvalue weighted by atomic mass is 16.5. The molecule has 6 nitrogen and oxygen atoms in total. The molecule has 2 rings (SSSR count). The minimum absolute atomic E-state index is 0. The van der Waals surface area contributed by atoms with Crippen molar-refractivity contribution in [2.45, 2.75) is 61.8 Å². The first-order chi connectivity index (χ1) is 15.4. The molecule has 180 valence electrons. The Balaban J connectivity index is 0. The van der Waals surface area contributed by atoms with Gasteiger partial charge in [-0.15, -0.1) is 0 Å². The van der Waals surface area contributed by atoms with Crippen molar-refractivity contribution in [1.82, 2.24) is 15.8 Å². The number of methoxy groups -OCH3 is 1. The SMILES string of the molecule is C=C(C)/C(CN1C=C(NC(=O)c2cccc(C)c2N=CCC)CN1)=C(/C)OC.CC.CC.[HH]. The predicted octanol–water partition coefficient (Wildman–Crippen LogP) is 6.29. The van der Waals surface area contributed by atoms with Gasteiger partial charge in [0.25, 0.3) is 5.91 Å². The number of rotatable bonds is 8. The molecule has 0 saturated carbocycles. The van der Waals surface area contributed by atoms with Crippen LogP contribution in [0.5, 0.6) is 0 Å². The Labute approximate surface area is 196 Å². The summed E-state index contributed by atoms with van der Waals surface area (Å²) in [6, 6.07) is 5.64. The number of carbonyl (C=O) groups excluding carboxylic acids is 1. The third kappa shape index (κ3) is 8.71. The van der Waals surface area contributed by atoms with Gasteiger partial charge in [-0.25, -0.2) is 5.43 Å². The van der Waals surface area contributed by atoms with Crippen LogP contribution in [0.4, 0.5) is 5.69 Å². The second-order valence-corrected chi connectivity index (χ2v) is 6.78. The summed E-state index contributed by atoms with van der Waals surface area (Å²) >= 11 is 0. The van der Waals surface area contributed by atoms with E-state index in [9.17, 15) is 4.79 Å². The van der Waals surface area contributed by atoms with Crippen LogP contribution in [0.1, 0.15) is 72.2 Å². The topological polar surface area (TPSA) is 66.0 Å². The largest absolute Gasteiger partial charge is 0.501 e. The van der Waals surface area contributed by atoms with Gasteiger partial charge in [0.15, 0.2) is 0 Å². The molecule has 32 heavy (non-hydrogen) atoms. The average Bonchev–Trinajstić information content (AvgIpc) is 3.25. The van der Waals surface area contributed by atoms with Gasteiger partial charge in [0, 0.05) is 19.4 Å². The summed E-state index contributed by atoms with van der Waals surface area (Å²) in [5.41, 5.74) is 8.29. The molecule has 1 heterocycles. The molecule has 0 spiro atoms. The smallest absolute Gasteiger partial charge is 0.257 e. The Hall–Kier alpha value is -2.86. The minimum Gasteiger partial charge on any atom is -0.501 e. The van der Waals surface area contributed by atoms with E-state index in [0.717, 1.165) is 34.6 Å². The van der Waals surface area contributed by atoms with E-state index in [2.05, 4.69) is 22.3 Å². The third-order valence-corrected chi connectivity index (χ3v) is 4.52. The van der Waals surface area contributed by atoms with Gasteiger partial charge in [-0.05, 0) is 44.4 Å². The highest BCUT2D eigenvalue weighted by Gasteiger charge is 2.19. The van der Waals surface area contributed by atoms with Crippen LogP contribution in [-0.2, 0) is 4.74 Å². The first kappa shape index (κ1) is 29.1. The number of allylic oxidation sites excluding steroid dienone is 1. The average molecular weight is 445 g/mol. The number of carbonyl (C=O) groups is 1. The molecule has 0 fully saturated rings. The molecule has 0 atom stereocenters. The number of nitrogens with zero attached hydrogens (tertiary/aromatic N) is 2. The number of ether oxygens (including phenoxy) is 1. The van der Waals surface area contributed by atoms with E-state index in [-0.39, 0.29) is 7.33 Å². The number of benzene rings is 1. The number of para-hydroxylation sites is 1. The molecule has 2 N–H and O–H groups in total. The highest BCUT2D eigenvalue weighted by molar-refractivity contribution is 6.01. The summed E-state index contributed by atoms with van der Waals surface area (Å²) in [5.74, 6) is 0.670.